The molecule has 0 spiro atoms. The number of pyridine rings is 1. The highest BCUT2D eigenvalue weighted by Gasteiger charge is 2.25. The lowest BCUT2D eigenvalue weighted by Crippen LogP contribution is -2.34. The summed E-state index contributed by atoms with van der Waals surface area (Å²) in [6, 6.07) is 3.66. The molecule has 0 amide bonds. The van der Waals surface area contributed by atoms with Gasteiger partial charge in [-0.1, -0.05) is 6.92 Å². The van der Waals surface area contributed by atoms with Crippen LogP contribution in [0.1, 0.15) is 25.5 Å². The van der Waals surface area contributed by atoms with Gasteiger partial charge in [0.25, 0.3) is 5.69 Å². The number of nitrogens with zero attached hydrogens (tertiary/aromatic N) is 2. The molecule has 0 aliphatic heterocycles. The first-order valence-corrected chi connectivity index (χ1v) is 5.45. The lowest BCUT2D eigenvalue weighted by atomic mass is 9.82. The third kappa shape index (κ3) is 2.13. The summed E-state index contributed by atoms with van der Waals surface area (Å²) in [5.41, 5.74) is 0.537. The van der Waals surface area contributed by atoms with Crippen molar-refractivity contribution in [1.82, 2.24) is 4.98 Å². The zero-order valence-corrected chi connectivity index (χ0v) is 9.43. The summed E-state index contributed by atoms with van der Waals surface area (Å²) in [6.07, 6.45) is 2.30. The molecule has 1 aromatic heterocycles. The van der Waals surface area contributed by atoms with E-state index in [1.54, 1.807) is 13.0 Å². The Morgan fingerprint density at radius 1 is 1.50 bits per heavy atom. The number of anilines is 1. The van der Waals surface area contributed by atoms with E-state index in [1.807, 2.05) is 0 Å². The smallest absolute Gasteiger partial charge is 0.290 e. The van der Waals surface area contributed by atoms with E-state index < -0.39 is 4.92 Å². The van der Waals surface area contributed by atoms with E-state index in [-0.39, 0.29) is 5.69 Å². The molecule has 16 heavy (non-hydrogen) atoms. The maximum Gasteiger partial charge on any atom is 0.290 e. The second-order valence-electron chi connectivity index (χ2n) is 4.48. The summed E-state index contributed by atoms with van der Waals surface area (Å²) in [6.45, 7) is 3.87. The third-order valence-corrected chi connectivity index (χ3v) is 2.98. The molecule has 1 fully saturated rings. The monoisotopic (exact) mass is 221 g/mol. The van der Waals surface area contributed by atoms with Gasteiger partial charge in [-0.15, -0.1) is 0 Å². The van der Waals surface area contributed by atoms with Crippen LogP contribution in [0.4, 0.5) is 11.5 Å². The van der Waals surface area contributed by atoms with Gasteiger partial charge in [0, 0.05) is 12.1 Å². The van der Waals surface area contributed by atoms with Gasteiger partial charge in [0.1, 0.15) is 11.5 Å². The molecule has 0 atom stereocenters. The maximum atomic E-state index is 10.6. The summed E-state index contributed by atoms with van der Waals surface area (Å²) in [4.78, 5) is 14.4. The lowest BCUT2D eigenvalue weighted by molar-refractivity contribution is -0.385. The van der Waals surface area contributed by atoms with Crippen molar-refractivity contribution in [2.75, 3.05) is 5.32 Å². The molecule has 1 N–H and O–H groups in total. The van der Waals surface area contributed by atoms with Crippen LogP contribution in [0.5, 0.6) is 0 Å². The van der Waals surface area contributed by atoms with Gasteiger partial charge >= 0.3 is 0 Å². The Labute approximate surface area is 94.0 Å². The first-order valence-electron chi connectivity index (χ1n) is 5.45. The molecule has 0 saturated heterocycles. The average molecular weight is 221 g/mol. The van der Waals surface area contributed by atoms with E-state index in [4.69, 9.17) is 0 Å². The van der Waals surface area contributed by atoms with Crippen LogP contribution in [-0.2, 0) is 0 Å². The fraction of sp³-hybridized carbons (Fsp3) is 0.545. The summed E-state index contributed by atoms with van der Waals surface area (Å²) in [5.74, 6) is 1.51. The van der Waals surface area contributed by atoms with Crippen molar-refractivity contribution in [3.63, 3.8) is 0 Å². The van der Waals surface area contributed by atoms with Gasteiger partial charge in [0.05, 0.1) is 4.92 Å². The zero-order valence-electron chi connectivity index (χ0n) is 9.43. The van der Waals surface area contributed by atoms with Gasteiger partial charge in [-0.05, 0) is 31.7 Å². The van der Waals surface area contributed by atoms with Crippen LogP contribution in [0.15, 0.2) is 12.1 Å². The quantitative estimate of drug-likeness (QED) is 0.629. The van der Waals surface area contributed by atoms with E-state index in [2.05, 4.69) is 17.2 Å². The lowest BCUT2D eigenvalue weighted by Gasteiger charge is -2.33. The summed E-state index contributed by atoms with van der Waals surface area (Å²) in [7, 11) is 0. The highest BCUT2D eigenvalue weighted by molar-refractivity contribution is 5.45. The van der Waals surface area contributed by atoms with Crippen LogP contribution in [-0.4, -0.2) is 15.9 Å². The molecule has 1 saturated carbocycles. The Kier molecular flexibility index (Phi) is 2.77. The summed E-state index contributed by atoms with van der Waals surface area (Å²) >= 11 is 0. The Balaban J connectivity index is 2.06. The van der Waals surface area contributed by atoms with Crippen molar-refractivity contribution in [2.45, 2.75) is 32.7 Å². The first-order chi connectivity index (χ1) is 7.56. The number of aryl methyl sites for hydroxylation is 1. The Hall–Kier alpha value is -1.65. The Morgan fingerprint density at radius 3 is 2.69 bits per heavy atom. The number of hydrogen-bond donors (Lipinski definition) is 1. The van der Waals surface area contributed by atoms with Crippen molar-refractivity contribution in [1.29, 1.82) is 0 Å². The minimum atomic E-state index is -0.405. The molecule has 5 nitrogen and oxygen atoms in total. The van der Waals surface area contributed by atoms with Crippen molar-refractivity contribution in [3.05, 3.63) is 27.9 Å². The molecule has 5 heteroatoms. The van der Waals surface area contributed by atoms with Gasteiger partial charge in [0.15, 0.2) is 0 Å². The van der Waals surface area contributed by atoms with E-state index in [1.165, 1.54) is 6.07 Å². The average Bonchev–Trinajstić information content (AvgIpc) is 2.15. The molecule has 2 rings (SSSR count). The fourth-order valence-corrected chi connectivity index (χ4v) is 2.06. The summed E-state index contributed by atoms with van der Waals surface area (Å²) < 4.78 is 0. The van der Waals surface area contributed by atoms with E-state index >= 15 is 0 Å². The standard InChI is InChI=1S/C11H15N3O2/c1-7-5-9(6-7)13-11-4-3-10(14(15)16)8(2)12-11/h3-4,7,9H,5-6H2,1-2H3,(H,12,13). The van der Waals surface area contributed by atoms with Gasteiger partial charge in [-0.25, -0.2) is 4.98 Å². The van der Waals surface area contributed by atoms with Crippen LogP contribution < -0.4 is 5.32 Å². The molecule has 1 aliphatic carbocycles. The van der Waals surface area contributed by atoms with Crippen LogP contribution in [0, 0.1) is 23.0 Å². The molecular weight excluding hydrogens is 206 g/mol. The van der Waals surface area contributed by atoms with Gasteiger partial charge in [-0.3, -0.25) is 10.1 Å². The van der Waals surface area contributed by atoms with Crippen LogP contribution in [0.25, 0.3) is 0 Å². The number of nitro groups is 1. The molecule has 0 radical (unpaired) electrons. The highest BCUT2D eigenvalue weighted by atomic mass is 16.6. The third-order valence-electron chi connectivity index (χ3n) is 2.98. The second-order valence-corrected chi connectivity index (χ2v) is 4.48. The van der Waals surface area contributed by atoms with E-state index in [0.717, 1.165) is 24.6 Å². The molecule has 1 aromatic rings. The molecule has 86 valence electrons. The minimum absolute atomic E-state index is 0.0764. The predicted molar refractivity (Wildman–Crippen MR) is 61.4 cm³/mol. The fourth-order valence-electron chi connectivity index (χ4n) is 2.06. The van der Waals surface area contributed by atoms with Crippen LogP contribution >= 0.6 is 0 Å². The zero-order chi connectivity index (χ0) is 11.7. The van der Waals surface area contributed by atoms with Gasteiger partial charge in [-0.2, -0.15) is 0 Å². The second kappa shape index (κ2) is 4.08. The first kappa shape index (κ1) is 10.9. The number of hydrogen-bond acceptors (Lipinski definition) is 4. The summed E-state index contributed by atoms with van der Waals surface area (Å²) in [5, 5.41) is 13.9. The van der Waals surface area contributed by atoms with E-state index in [0.29, 0.717) is 11.7 Å². The molecule has 1 aliphatic rings. The molecular formula is C11H15N3O2. The topological polar surface area (TPSA) is 68.1 Å². The van der Waals surface area contributed by atoms with Crippen molar-refractivity contribution in [2.24, 2.45) is 5.92 Å². The molecule has 0 aromatic carbocycles. The normalized spacial score (nSPS) is 23.6. The van der Waals surface area contributed by atoms with Crippen molar-refractivity contribution < 1.29 is 4.92 Å². The highest BCUT2D eigenvalue weighted by Crippen LogP contribution is 2.29. The predicted octanol–water partition coefficient (Wildman–Crippen LogP) is 2.51. The van der Waals surface area contributed by atoms with Crippen LogP contribution in [0.2, 0.25) is 0 Å². The van der Waals surface area contributed by atoms with Crippen molar-refractivity contribution in [3.8, 4) is 0 Å². The largest absolute Gasteiger partial charge is 0.367 e. The van der Waals surface area contributed by atoms with E-state index in [9.17, 15) is 10.1 Å². The van der Waals surface area contributed by atoms with Crippen molar-refractivity contribution >= 4 is 11.5 Å². The minimum Gasteiger partial charge on any atom is -0.367 e. The van der Waals surface area contributed by atoms with Gasteiger partial charge < -0.3 is 5.32 Å². The molecule has 0 bridgehead atoms. The number of rotatable bonds is 3. The van der Waals surface area contributed by atoms with Crippen LogP contribution in [0.3, 0.4) is 0 Å². The Morgan fingerprint density at radius 2 is 2.19 bits per heavy atom. The Bertz CT molecular complexity index is 414. The molecule has 1 heterocycles. The molecule has 0 unspecified atom stereocenters. The number of nitrogens with one attached hydrogen (secondary N) is 1. The van der Waals surface area contributed by atoms with Gasteiger partial charge in [0.2, 0.25) is 0 Å². The number of aromatic nitrogens is 1. The SMILES string of the molecule is Cc1nc(NC2CC(C)C2)ccc1[N+](=O)[O-]. The maximum absolute atomic E-state index is 10.6.